The topological polar surface area (TPSA) is 52.2 Å². The van der Waals surface area contributed by atoms with Gasteiger partial charge in [-0.3, -0.25) is 4.98 Å². The van der Waals surface area contributed by atoms with Crippen LogP contribution >= 0.6 is 12.6 Å². The first-order chi connectivity index (χ1) is 8.74. The molecule has 2 aromatic heterocycles. The van der Waals surface area contributed by atoms with E-state index in [4.69, 9.17) is 0 Å². The van der Waals surface area contributed by atoms with Crippen molar-refractivity contribution >= 4 is 18.3 Å². The van der Waals surface area contributed by atoms with Crippen molar-refractivity contribution in [2.24, 2.45) is 5.41 Å². The van der Waals surface area contributed by atoms with Crippen molar-refractivity contribution in [1.29, 1.82) is 0 Å². The molecule has 3 rings (SSSR count). The zero-order chi connectivity index (χ0) is 12.6. The Hall–Kier alpha value is -1.30. The first kappa shape index (κ1) is 11.8. The van der Waals surface area contributed by atoms with Crippen LogP contribution in [-0.2, 0) is 6.54 Å². The van der Waals surface area contributed by atoms with E-state index < -0.39 is 0 Å². The molecule has 5 nitrogen and oxygen atoms in total. The second-order valence-electron chi connectivity index (χ2n) is 5.11. The van der Waals surface area contributed by atoms with Crippen LogP contribution in [0.15, 0.2) is 23.4 Å². The molecule has 0 bridgehead atoms. The third-order valence-corrected chi connectivity index (χ3v) is 4.54. The highest BCUT2D eigenvalue weighted by molar-refractivity contribution is 7.80. The Bertz CT molecular complexity index is 612. The summed E-state index contributed by atoms with van der Waals surface area (Å²) in [5.74, 6) is 0.811. The predicted molar refractivity (Wildman–Crippen MR) is 72.0 cm³/mol. The van der Waals surface area contributed by atoms with Crippen molar-refractivity contribution < 1.29 is 0 Å². The molecule has 0 amide bonds. The molecule has 0 saturated heterocycles. The summed E-state index contributed by atoms with van der Waals surface area (Å²) in [5, 5.41) is 4.34. The summed E-state index contributed by atoms with van der Waals surface area (Å²) in [6, 6.07) is 0. The molecular formula is C12H16N4OS. The molecular weight excluding hydrogens is 248 g/mol. The van der Waals surface area contributed by atoms with Gasteiger partial charge in [0.25, 0.3) is 0 Å². The highest BCUT2D eigenvalue weighted by atomic mass is 32.1. The zero-order valence-corrected chi connectivity index (χ0v) is 11.0. The first-order valence-electron chi connectivity index (χ1n) is 6.24. The lowest BCUT2D eigenvalue weighted by atomic mass is 9.89. The first-order valence-corrected chi connectivity index (χ1v) is 6.87. The number of fused-ring (bicyclic) bond motifs is 1. The van der Waals surface area contributed by atoms with Crippen LogP contribution in [0.1, 0.15) is 25.7 Å². The van der Waals surface area contributed by atoms with Crippen molar-refractivity contribution in [2.45, 2.75) is 32.2 Å². The van der Waals surface area contributed by atoms with Crippen LogP contribution < -0.4 is 5.69 Å². The second-order valence-corrected chi connectivity index (χ2v) is 5.43. The highest BCUT2D eigenvalue weighted by Gasteiger charge is 2.34. The van der Waals surface area contributed by atoms with E-state index in [9.17, 15) is 4.79 Å². The minimum Gasteiger partial charge on any atom is -0.259 e. The largest absolute Gasteiger partial charge is 0.350 e. The molecule has 0 atom stereocenters. The van der Waals surface area contributed by atoms with Gasteiger partial charge in [0.2, 0.25) is 0 Å². The maximum atomic E-state index is 12.2. The molecule has 0 aliphatic heterocycles. The molecule has 0 unspecified atom stereocenters. The second kappa shape index (κ2) is 4.42. The molecule has 0 aromatic carbocycles. The quantitative estimate of drug-likeness (QED) is 0.852. The Morgan fingerprint density at radius 3 is 2.83 bits per heavy atom. The van der Waals surface area contributed by atoms with Crippen molar-refractivity contribution in [3.63, 3.8) is 0 Å². The van der Waals surface area contributed by atoms with Gasteiger partial charge in [-0.2, -0.15) is 12.6 Å². The van der Waals surface area contributed by atoms with Gasteiger partial charge in [0.1, 0.15) is 0 Å². The monoisotopic (exact) mass is 264 g/mol. The van der Waals surface area contributed by atoms with Crippen LogP contribution in [0.3, 0.4) is 0 Å². The van der Waals surface area contributed by atoms with E-state index in [1.807, 2.05) is 0 Å². The van der Waals surface area contributed by atoms with E-state index in [0.717, 1.165) is 18.6 Å². The fraction of sp³-hybridized carbons (Fsp3) is 0.583. The van der Waals surface area contributed by atoms with Crippen molar-refractivity contribution in [2.75, 3.05) is 5.75 Å². The molecule has 0 spiro atoms. The van der Waals surface area contributed by atoms with E-state index in [2.05, 4.69) is 22.7 Å². The van der Waals surface area contributed by atoms with Crippen LogP contribution in [0.4, 0.5) is 0 Å². The molecule has 1 saturated carbocycles. The van der Waals surface area contributed by atoms with Crippen LogP contribution in [0.5, 0.6) is 0 Å². The molecule has 0 radical (unpaired) electrons. The molecule has 18 heavy (non-hydrogen) atoms. The lowest BCUT2D eigenvalue weighted by molar-refractivity contribution is 0.272. The van der Waals surface area contributed by atoms with E-state index in [1.165, 1.54) is 17.2 Å². The summed E-state index contributed by atoms with van der Waals surface area (Å²) < 4.78 is 3.10. The fourth-order valence-corrected chi connectivity index (χ4v) is 3.21. The molecule has 1 fully saturated rings. The Labute approximate surface area is 110 Å². The maximum absolute atomic E-state index is 12.2. The maximum Gasteiger partial charge on any atom is 0.350 e. The van der Waals surface area contributed by atoms with Gasteiger partial charge in [0.05, 0.1) is 12.7 Å². The summed E-state index contributed by atoms with van der Waals surface area (Å²) >= 11 is 4.47. The van der Waals surface area contributed by atoms with E-state index in [-0.39, 0.29) is 11.1 Å². The molecule has 2 aromatic rings. The Morgan fingerprint density at radius 1 is 1.39 bits per heavy atom. The van der Waals surface area contributed by atoms with E-state index in [0.29, 0.717) is 12.2 Å². The van der Waals surface area contributed by atoms with Gasteiger partial charge in [0, 0.05) is 12.4 Å². The third kappa shape index (κ3) is 1.84. The van der Waals surface area contributed by atoms with Crippen molar-refractivity contribution in [3.8, 4) is 0 Å². The molecule has 96 valence electrons. The van der Waals surface area contributed by atoms with Crippen molar-refractivity contribution in [3.05, 3.63) is 29.1 Å². The van der Waals surface area contributed by atoms with Crippen LogP contribution in [0, 0.1) is 5.41 Å². The number of hydrogen-bond acceptors (Lipinski definition) is 4. The number of hydrogen-bond donors (Lipinski definition) is 1. The Morgan fingerprint density at radius 2 is 2.17 bits per heavy atom. The van der Waals surface area contributed by atoms with E-state index >= 15 is 0 Å². The standard InChI is InChI=1S/C12H16N4OS/c17-11-15-6-5-13-7-10(15)14-16(11)8-12(9-18)3-1-2-4-12/h5-7,18H,1-4,8-9H2. The molecule has 2 heterocycles. The third-order valence-electron chi connectivity index (χ3n) is 3.87. The summed E-state index contributed by atoms with van der Waals surface area (Å²) in [6.07, 6.45) is 9.59. The SMILES string of the molecule is O=c1n(CC2(CS)CCCC2)nc2cnccn12. The summed E-state index contributed by atoms with van der Waals surface area (Å²) in [6.45, 7) is 0.664. The van der Waals surface area contributed by atoms with Gasteiger partial charge in [0.15, 0.2) is 5.65 Å². The van der Waals surface area contributed by atoms with Gasteiger partial charge < -0.3 is 0 Å². The Kier molecular flexibility index (Phi) is 2.89. The van der Waals surface area contributed by atoms with Gasteiger partial charge >= 0.3 is 5.69 Å². The minimum atomic E-state index is -0.0829. The van der Waals surface area contributed by atoms with Gasteiger partial charge in [-0.05, 0) is 24.0 Å². The zero-order valence-electron chi connectivity index (χ0n) is 10.1. The predicted octanol–water partition coefficient (Wildman–Crippen LogP) is 1.38. The lowest BCUT2D eigenvalue weighted by Crippen LogP contribution is -2.32. The minimum absolute atomic E-state index is 0.0829. The summed E-state index contributed by atoms with van der Waals surface area (Å²) in [5.41, 5.74) is 0.661. The molecule has 6 heteroatoms. The molecule has 1 aliphatic rings. The molecule has 1 aliphatic carbocycles. The normalized spacial score (nSPS) is 18.5. The molecule has 0 N–H and O–H groups in total. The van der Waals surface area contributed by atoms with Gasteiger partial charge in [-0.15, -0.1) is 5.10 Å². The van der Waals surface area contributed by atoms with Crippen LogP contribution in [0.25, 0.3) is 5.65 Å². The van der Waals surface area contributed by atoms with Crippen LogP contribution in [-0.4, -0.2) is 24.9 Å². The summed E-state index contributed by atoms with van der Waals surface area (Å²) in [7, 11) is 0. The smallest absolute Gasteiger partial charge is 0.259 e. The average Bonchev–Trinajstić information content (AvgIpc) is 2.98. The number of aromatic nitrogens is 4. The summed E-state index contributed by atoms with van der Waals surface area (Å²) in [4.78, 5) is 16.2. The average molecular weight is 264 g/mol. The fourth-order valence-electron chi connectivity index (χ4n) is 2.79. The van der Waals surface area contributed by atoms with Gasteiger partial charge in [-0.1, -0.05) is 12.8 Å². The number of thiol groups is 1. The number of rotatable bonds is 3. The lowest BCUT2D eigenvalue weighted by Gasteiger charge is -2.25. The van der Waals surface area contributed by atoms with Crippen LogP contribution in [0.2, 0.25) is 0 Å². The highest BCUT2D eigenvalue weighted by Crippen LogP contribution is 2.40. The van der Waals surface area contributed by atoms with Gasteiger partial charge in [-0.25, -0.2) is 13.9 Å². The van der Waals surface area contributed by atoms with Crippen molar-refractivity contribution in [1.82, 2.24) is 19.2 Å². The Balaban J connectivity index is 2.00. The van der Waals surface area contributed by atoms with E-state index in [1.54, 1.807) is 23.3 Å². The number of nitrogens with zero attached hydrogens (tertiary/aromatic N) is 4.